The third-order valence-corrected chi connectivity index (χ3v) is 2.69. The Labute approximate surface area is 114 Å². The second kappa shape index (κ2) is 7.22. The van der Waals surface area contributed by atoms with Crippen LogP contribution in [0.15, 0.2) is 12.7 Å². The van der Waals surface area contributed by atoms with Crippen LogP contribution < -0.4 is 5.32 Å². The zero-order valence-corrected chi connectivity index (χ0v) is 11.1. The van der Waals surface area contributed by atoms with Crippen molar-refractivity contribution < 1.29 is 24.2 Å². The maximum atomic E-state index is 11.9. The fourth-order valence-electron chi connectivity index (χ4n) is 1.45. The number of rotatable bonds is 7. The van der Waals surface area contributed by atoms with Gasteiger partial charge in [-0.05, 0) is 13.3 Å². The molecule has 0 aromatic carbocycles. The Hall–Kier alpha value is -2.45. The zero-order valence-electron chi connectivity index (χ0n) is 11.1. The monoisotopic (exact) mass is 284 g/mol. The topological polar surface area (TPSA) is 123 Å². The number of nitrogens with one attached hydrogen (secondary N) is 1. The predicted molar refractivity (Wildman–Crippen MR) is 65.5 cm³/mol. The number of aromatic nitrogens is 3. The molecule has 20 heavy (non-hydrogen) atoms. The Kier molecular flexibility index (Phi) is 5.63. The first-order valence-electron chi connectivity index (χ1n) is 5.89. The first-order chi connectivity index (χ1) is 9.45. The third kappa shape index (κ3) is 4.34. The maximum absolute atomic E-state index is 11.9. The van der Waals surface area contributed by atoms with Crippen LogP contribution in [0.2, 0.25) is 0 Å². The van der Waals surface area contributed by atoms with Gasteiger partial charge in [0, 0.05) is 6.42 Å². The van der Waals surface area contributed by atoms with Crippen molar-refractivity contribution in [1.29, 1.82) is 0 Å². The van der Waals surface area contributed by atoms with Crippen molar-refractivity contribution in [2.75, 3.05) is 7.11 Å². The molecule has 1 unspecified atom stereocenters. The van der Waals surface area contributed by atoms with E-state index >= 15 is 0 Å². The summed E-state index contributed by atoms with van der Waals surface area (Å²) >= 11 is 0. The summed E-state index contributed by atoms with van der Waals surface area (Å²) < 4.78 is 5.72. The van der Waals surface area contributed by atoms with Crippen LogP contribution in [0.1, 0.15) is 25.8 Å². The van der Waals surface area contributed by atoms with Crippen LogP contribution >= 0.6 is 0 Å². The summed E-state index contributed by atoms with van der Waals surface area (Å²) in [6.07, 6.45) is 2.49. The first kappa shape index (κ1) is 15.6. The van der Waals surface area contributed by atoms with E-state index in [0.717, 1.165) is 0 Å². The van der Waals surface area contributed by atoms with E-state index in [-0.39, 0.29) is 12.8 Å². The number of carbonyl (C=O) groups is 3. The van der Waals surface area contributed by atoms with Crippen molar-refractivity contribution in [3.05, 3.63) is 12.7 Å². The molecule has 9 heteroatoms. The highest BCUT2D eigenvalue weighted by Gasteiger charge is 2.24. The SMILES string of the molecule is COC(=O)CC[C@H](NC(=O)C(C)n1cncn1)C(=O)O. The zero-order chi connectivity index (χ0) is 15.1. The Morgan fingerprint density at radius 1 is 1.45 bits per heavy atom. The molecule has 0 aliphatic heterocycles. The minimum atomic E-state index is -1.21. The molecule has 0 bridgehead atoms. The molecule has 0 fully saturated rings. The standard InChI is InChI=1S/C11H16N4O5/c1-7(15-6-12-5-13-15)10(17)14-8(11(18)19)3-4-9(16)20-2/h5-8H,3-4H2,1-2H3,(H,14,17)(H,18,19)/t7?,8-/m0/s1. The number of ether oxygens (including phenoxy) is 1. The first-order valence-corrected chi connectivity index (χ1v) is 5.89. The minimum Gasteiger partial charge on any atom is -0.480 e. The van der Waals surface area contributed by atoms with Gasteiger partial charge in [0.05, 0.1) is 7.11 Å². The summed E-state index contributed by atoms with van der Waals surface area (Å²) in [4.78, 5) is 37.6. The molecule has 1 rings (SSSR count). The highest BCUT2D eigenvalue weighted by atomic mass is 16.5. The predicted octanol–water partition coefficient (Wildman–Crippen LogP) is -0.638. The average Bonchev–Trinajstić information content (AvgIpc) is 2.95. The molecule has 1 aromatic heterocycles. The summed E-state index contributed by atoms with van der Waals surface area (Å²) in [5.74, 6) is -2.27. The van der Waals surface area contributed by atoms with E-state index in [2.05, 4.69) is 20.1 Å². The van der Waals surface area contributed by atoms with Crippen LogP contribution in [0, 0.1) is 0 Å². The molecule has 0 saturated heterocycles. The summed E-state index contributed by atoms with van der Waals surface area (Å²) in [5, 5.41) is 15.2. The van der Waals surface area contributed by atoms with Gasteiger partial charge >= 0.3 is 11.9 Å². The molecule has 9 nitrogen and oxygen atoms in total. The van der Waals surface area contributed by atoms with Crippen molar-refractivity contribution in [3.8, 4) is 0 Å². The Morgan fingerprint density at radius 2 is 2.15 bits per heavy atom. The highest BCUT2D eigenvalue weighted by Crippen LogP contribution is 2.05. The fraction of sp³-hybridized carbons (Fsp3) is 0.545. The van der Waals surface area contributed by atoms with Crippen LogP contribution in [-0.4, -0.2) is 50.9 Å². The number of carbonyl (C=O) groups excluding carboxylic acids is 2. The molecule has 0 saturated carbocycles. The molecular weight excluding hydrogens is 268 g/mol. The van der Waals surface area contributed by atoms with Gasteiger partial charge in [-0.3, -0.25) is 9.59 Å². The third-order valence-electron chi connectivity index (χ3n) is 2.69. The van der Waals surface area contributed by atoms with E-state index in [1.165, 1.54) is 24.4 Å². The van der Waals surface area contributed by atoms with Gasteiger partial charge in [0.2, 0.25) is 5.91 Å². The van der Waals surface area contributed by atoms with Crippen LogP contribution in [-0.2, 0) is 19.1 Å². The van der Waals surface area contributed by atoms with Gasteiger partial charge in [0.25, 0.3) is 0 Å². The minimum absolute atomic E-state index is 0.0438. The summed E-state index contributed by atoms with van der Waals surface area (Å²) in [6.45, 7) is 1.56. The van der Waals surface area contributed by atoms with Crippen LogP contribution in [0.5, 0.6) is 0 Å². The van der Waals surface area contributed by atoms with Gasteiger partial charge in [-0.25, -0.2) is 14.5 Å². The molecular formula is C11H16N4O5. The average molecular weight is 284 g/mol. The number of nitrogens with zero attached hydrogens (tertiary/aromatic N) is 3. The van der Waals surface area contributed by atoms with Gasteiger partial charge < -0.3 is 15.2 Å². The lowest BCUT2D eigenvalue weighted by Crippen LogP contribution is -2.44. The van der Waals surface area contributed by atoms with Gasteiger partial charge in [-0.1, -0.05) is 0 Å². The van der Waals surface area contributed by atoms with E-state index in [0.29, 0.717) is 0 Å². The van der Waals surface area contributed by atoms with E-state index in [9.17, 15) is 14.4 Å². The highest BCUT2D eigenvalue weighted by molar-refractivity contribution is 5.86. The summed E-state index contributed by atoms with van der Waals surface area (Å²) in [5.41, 5.74) is 0. The molecule has 2 atom stereocenters. The van der Waals surface area contributed by atoms with Gasteiger partial charge in [-0.2, -0.15) is 5.10 Å². The van der Waals surface area contributed by atoms with Crippen molar-refractivity contribution in [2.24, 2.45) is 0 Å². The van der Waals surface area contributed by atoms with Crippen molar-refractivity contribution in [1.82, 2.24) is 20.1 Å². The number of methoxy groups -OCH3 is 1. The molecule has 110 valence electrons. The quantitative estimate of drug-likeness (QED) is 0.638. The Bertz CT molecular complexity index is 473. The van der Waals surface area contributed by atoms with Gasteiger partial charge in [0.1, 0.15) is 24.7 Å². The molecule has 2 N–H and O–H groups in total. The summed E-state index contributed by atoms with van der Waals surface area (Å²) in [6, 6.07) is -1.86. The smallest absolute Gasteiger partial charge is 0.326 e. The van der Waals surface area contributed by atoms with E-state index < -0.39 is 29.9 Å². The molecule has 1 aromatic rings. The van der Waals surface area contributed by atoms with E-state index in [4.69, 9.17) is 5.11 Å². The summed E-state index contributed by atoms with van der Waals surface area (Å²) in [7, 11) is 1.21. The van der Waals surface area contributed by atoms with Gasteiger partial charge in [0.15, 0.2) is 0 Å². The molecule has 0 spiro atoms. The molecule has 0 aliphatic carbocycles. The normalized spacial score (nSPS) is 13.3. The number of amides is 1. The molecule has 0 radical (unpaired) electrons. The largest absolute Gasteiger partial charge is 0.480 e. The number of hydrogen-bond donors (Lipinski definition) is 2. The van der Waals surface area contributed by atoms with Crippen molar-refractivity contribution in [2.45, 2.75) is 31.8 Å². The lowest BCUT2D eigenvalue weighted by atomic mass is 10.1. The molecule has 1 amide bonds. The second-order valence-corrected chi connectivity index (χ2v) is 4.07. The number of carboxylic acid groups (broad SMARTS) is 1. The molecule has 0 aliphatic rings. The lowest BCUT2D eigenvalue weighted by molar-refractivity contribution is -0.144. The number of carboxylic acids is 1. The molecule has 1 heterocycles. The Morgan fingerprint density at radius 3 is 2.65 bits per heavy atom. The lowest BCUT2D eigenvalue weighted by Gasteiger charge is -2.17. The second-order valence-electron chi connectivity index (χ2n) is 4.07. The fourth-order valence-corrected chi connectivity index (χ4v) is 1.45. The maximum Gasteiger partial charge on any atom is 0.326 e. The van der Waals surface area contributed by atoms with E-state index in [1.807, 2.05) is 0 Å². The number of esters is 1. The van der Waals surface area contributed by atoms with Crippen molar-refractivity contribution in [3.63, 3.8) is 0 Å². The van der Waals surface area contributed by atoms with Crippen LogP contribution in [0.4, 0.5) is 0 Å². The van der Waals surface area contributed by atoms with Crippen molar-refractivity contribution >= 4 is 17.8 Å². The van der Waals surface area contributed by atoms with Crippen LogP contribution in [0.25, 0.3) is 0 Å². The van der Waals surface area contributed by atoms with Gasteiger partial charge in [-0.15, -0.1) is 0 Å². The van der Waals surface area contributed by atoms with E-state index in [1.54, 1.807) is 6.92 Å². The number of aliphatic carboxylic acids is 1. The Balaban J connectivity index is 2.59. The van der Waals surface area contributed by atoms with Crippen LogP contribution in [0.3, 0.4) is 0 Å². The number of hydrogen-bond acceptors (Lipinski definition) is 6.